The van der Waals surface area contributed by atoms with Gasteiger partial charge in [-0.2, -0.15) is 5.26 Å². The highest BCUT2D eigenvalue weighted by Gasteiger charge is 2.46. The predicted molar refractivity (Wildman–Crippen MR) is 102 cm³/mol. The second-order valence-corrected chi connectivity index (χ2v) is 7.23. The number of anilines is 1. The third-order valence-electron chi connectivity index (χ3n) is 5.18. The first-order valence-electron chi connectivity index (χ1n) is 9.21. The van der Waals surface area contributed by atoms with Crippen LogP contribution in [0, 0.1) is 11.3 Å². The highest BCUT2D eigenvalue weighted by atomic mass is 16.6. The number of nitrogens with zero attached hydrogens (tertiary/aromatic N) is 3. The lowest BCUT2D eigenvalue weighted by Gasteiger charge is -2.14. The van der Waals surface area contributed by atoms with Gasteiger partial charge in [0.05, 0.1) is 30.3 Å². The van der Waals surface area contributed by atoms with Gasteiger partial charge >= 0.3 is 6.09 Å². The summed E-state index contributed by atoms with van der Waals surface area (Å²) in [7, 11) is 0. The van der Waals surface area contributed by atoms with Gasteiger partial charge in [0.25, 0.3) is 0 Å². The fourth-order valence-corrected chi connectivity index (χ4v) is 3.33. The standard InChI is InChI=1S/C21H20N4O3/c1-14(26)23-11-18-12-25(20(27)28-18)17-5-2-15(3-6-17)16-4-7-19(24-10-16)21(13-22)8-9-21/h2-7,10,18H,8-9,11-12H2,1H3,(H,23,26). The number of hydrogen-bond acceptors (Lipinski definition) is 5. The Morgan fingerprint density at radius 3 is 2.57 bits per heavy atom. The molecule has 0 spiro atoms. The molecule has 1 aliphatic heterocycles. The number of aromatic nitrogens is 1. The summed E-state index contributed by atoms with van der Waals surface area (Å²) in [5, 5.41) is 11.9. The summed E-state index contributed by atoms with van der Waals surface area (Å²) in [4.78, 5) is 29.2. The molecule has 2 aromatic rings. The molecule has 2 heterocycles. The van der Waals surface area contributed by atoms with Crippen molar-refractivity contribution in [2.45, 2.75) is 31.3 Å². The molecule has 1 atom stereocenters. The molecular weight excluding hydrogens is 356 g/mol. The third-order valence-corrected chi connectivity index (χ3v) is 5.18. The lowest BCUT2D eigenvalue weighted by molar-refractivity contribution is -0.119. The Hall–Kier alpha value is -3.40. The van der Waals surface area contributed by atoms with Crippen LogP contribution >= 0.6 is 0 Å². The first-order valence-corrected chi connectivity index (χ1v) is 9.21. The number of carbonyl (C=O) groups is 2. The van der Waals surface area contributed by atoms with Gasteiger partial charge in [0.1, 0.15) is 6.10 Å². The molecule has 1 unspecified atom stereocenters. The summed E-state index contributed by atoms with van der Waals surface area (Å²) in [5.74, 6) is -0.152. The smallest absolute Gasteiger partial charge is 0.414 e. The van der Waals surface area contributed by atoms with Crippen LogP contribution in [0.5, 0.6) is 0 Å². The molecule has 4 rings (SSSR count). The van der Waals surface area contributed by atoms with Crippen LogP contribution in [0.2, 0.25) is 0 Å². The van der Waals surface area contributed by atoms with Crippen LogP contribution < -0.4 is 10.2 Å². The van der Waals surface area contributed by atoms with Crippen molar-refractivity contribution in [2.75, 3.05) is 18.0 Å². The largest absolute Gasteiger partial charge is 0.442 e. The van der Waals surface area contributed by atoms with Crippen LogP contribution in [0.25, 0.3) is 11.1 Å². The van der Waals surface area contributed by atoms with Gasteiger partial charge in [-0.1, -0.05) is 18.2 Å². The minimum absolute atomic E-state index is 0.152. The number of ether oxygens (including phenoxy) is 1. The summed E-state index contributed by atoms with van der Waals surface area (Å²) in [6, 6.07) is 13.8. The molecule has 7 nitrogen and oxygen atoms in total. The van der Waals surface area contributed by atoms with Crippen molar-refractivity contribution in [2.24, 2.45) is 0 Å². The maximum Gasteiger partial charge on any atom is 0.414 e. The lowest BCUT2D eigenvalue weighted by atomic mass is 10.0. The number of cyclic esters (lactones) is 1. The topological polar surface area (TPSA) is 95.3 Å². The number of amides is 2. The molecule has 1 aromatic carbocycles. The van der Waals surface area contributed by atoms with Crippen LogP contribution in [0.3, 0.4) is 0 Å². The van der Waals surface area contributed by atoms with Crippen molar-refractivity contribution in [1.82, 2.24) is 10.3 Å². The van der Waals surface area contributed by atoms with E-state index in [0.717, 1.165) is 35.3 Å². The van der Waals surface area contributed by atoms with E-state index >= 15 is 0 Å². The number of nitriles is 1. The molecule has 0 bridgehead atoms. The molecule has 2 aliphatic rings. The Bertz CT molecular complexity index is 943. The molecule has 1 saturated heterocycles. The second kappa shape index (κ2) is 6.97. The maximum absolute atomic E-state index is 12.1. The highest BCUT2D eigenvalue weighted by molar-refractivity contribution is 5.90. The summed E-state index contributed by atoms with van der Waals surface area (Å²) in [6.07, 6.45) is 2.76. The van der Waals surface area contributed by atoms with Gasteiger partial charge < -0.3 is 10.1 Å². The minimum atomic E-state index is -0.416. The Labute approximate surface area is 162 Å². The maximum atomic E-state index is 12.1. The van der Waals surface area contributed by atoms with Crippen molar-refractivity contribution >= 4 is 17.7 Å². The monoisotopic (exact) mass is 376 g/mol. The van der Waals surface area contributed by atoms with Crippen LogP contribution in [0.1, 0.15) is 25.5 Å². The quantitative estimate of drug-likeness (QED) is 0.866. The summed E-state index contributed by atoms with van der Waals surface area (Å²) >= 11 is 0. The van der Waals surface area contributed by atoms with E-state index in [-0.39, 0.29) is 17.4 Å². The molecule has 1 aliphatic carbocycles. The van der Waals surface area contributed by atoms with E-state index in [4.69, 9.17) is 4.74 Å². The van der Waals surface area contributed by atoms with E-state index in [1.807, 2.05) is 36.4 Å². The molecule has 2 amide bonds. The van der Waals surface area contributed by atoms with Gasteiger partial charge in [-0.25, -0.2) is 4.79 Å². The number of hydrogen-bond donors (Lipinski definition) is 1. The van der Waals surface area contributed by atoms with Crippen molar-refractivity contribution in [3.63, 3.8) is 0 Å². The zero-order valence-electron chi connectivity index (χ0n) is 15.5. The van der Waals surface area contributed by atoms with Gasteiger partial charge in [-0.3, -0.25) is 14.7 Å². The van der Waals surface area contributed by atoms with E-state index < -0.39 is 6.09 Å². The van der Waals surface area contributed by atoms with E-state index in [2.05, 4.69) is 16.4 Å². The molecule has 0 radical (unpaired) electrons. The molecular formula is C21H20N4O3. The number of carbonyl (C=O) groups excluding carboxylic acids is 2. The average molecular weight is 376 g/mol. The molecule has 1 aromatic heterocycles. The SMILES string of the molecule is CC(=O)NCC1CN(c2ccc(-c3ccc(C4(C#N)CC4)nc3)cc2)C(=O)O1. The summed E-state index contributed by atoms with van der Waals surface area (Å²) in [6.45, 7) is 2.13. The second-order valence-electron chi connectivity index (χ2n) is 7.23. The Kier molecular flexibility index (Phi) is 4.47. The Morgan fingerprint density at radius 1 is 1.29 bits per heavy atom. The fraction of sp³-hybridized carbons (Fsp3) is 0.333. The molecule has 1 saturated carbocycles. The van der Waals surface area contributed by atoms with Crippen molar-refractivity contribution < 1.29 is 14.3 Å². The van der Waals surface area contributed by atoms with E-state index in [1.54, 1.807) is 11.1 Å². The molecule has 1 N–H and O–H groups in total. The first kappa shape index (κ1) is 18.0. The predicted octanol–water partition coefficient (Wildman–Crippen LogP) is 2.77. The number of benzene rings is 1. The van der Waals surface area contributed by atoms with Gasteiger partial charge in [0.15, 0.2) is 0 Å². The first-order chi connectivity index (χ1) is 13.5. The molecule has 7 heteroatoms. The highest BCUT2D eigenvalue weighted by Crippen LogP contribution is 2.46. The van der Waals surface area contributed by atoms with E-state index in [0.29, 0.717) is 13.1 Å². The Balaban J connectivity index is 1.45. The van der Waals surface area contributed by atoms with Crippen molar-refractivity contribution in [3.05, 3.63) is 48.3 Å². The minimum Gasteiger partial charge on any atom is -0.442 e. The fourth-order valence-electron chi connectivity index (χ4n) is 3.33. The van der Waals surface area contributed by atoms with E-state index in [1.165, 1.54) is 6.92 Å². The van der Waals surface area contributed by atoms with Crippen LogP contribution in [-0.4, -0.2) is 36.2 Å². The van der Waals surface area contributed by atoms with Crippen molar-refractivity contribution in [3.8, 4) is 17.2 Å². The van der Waals surface area contributed by atoms with Gasteiger partial charge in [0.2, 0.25) is 5.91 Å². The lowest BCUT2D eigenvalue weighted by Crippen LogP contribution is -2.33. The van der Waals surface area contributed by atoms with Gasteiger partial charge in [-0.15, -0.1) is 0 Å². The van der Waals surface area contributed by atoms with Crippen LogP contribution in [0.15, 0.2) is 42.6 Å². The summed E-state index contributed by atoms with van der Waals surface area (Å²) < 4.78 is 5.29. The molecule has 28 heavy (non-hydrogen) atoms. The number of rotatable bonds is 5. The molecule has 142 valence electrons. The van der Waals surface area contributed by atoms with Gasteiger partial charge in [-0.05, 0) is 36.6 Å². The third kappa shape index (κ3) is 3.41. The average Bonchev–Trinajstić information content (AvgIpc) is 3.43. The Morgan fingerprint density at radius 2 is 2.00 bits per heavy atom. The van der Waals surface area contributed by atoms with Crippen molar-refractivity contribution in [1.29, 1.82) is 5.26 Å². The van der Waals surface area contributed by atoms with Crippen LogP contribution in [0.4, 0.5) is 10.5 Å². The van der Waals surface area contributed by atoms with Crippen LogP contribution in [-0.2, 0) is 14.9 Å². The number of pyridine rings is 1. The van der Waals surface area contributed by atoms with E-state index in [9.17, 15) is 14.9 Å². The van der Waals surface area contributed by atoms with Gasteiger partial charge in [0, 0.05) is 24.4 Å². The molecule has 2 fully saturated rings. The zero-order valence-corrected chi connectivity index (χ0v) is 15.5. The summed E-state index contributed by atoms with van der Waals surface area (Å²) in [5.41, 5.74) is 3.13. The number of nitrogens with one attached hydrogen (secondary N) is 1. The normalized spacial score (nSPS) is 19.6. The zero-order chi connectivity index (χ0) is 19.7.